The summed E-state index contributed by atoms with van der Waals surface area (Å²) >= 11 is 4.95. The molecule has 1 aromatic heterocycles. The van der Waals surface area contributed by atoms with Gasteiger partial charge in [0.15, 0.2) is 0 Å². The Bertz CT molecular complexity index is 759. The highest BCUT2D eigenvalue weighted by atomic mass is 79.9. The van der Waals surface area contributed by atoms with Crippen LogP contribution in [0.1, 0.15) is 23.8 Å². The van der Waals surface area contributed by atoms with Gasteiger partial charge in [0.1, 0.15) is 10.6 Å². The van der Waals surface area contributed by atoms with Crippen LogP contribution in [0.25, 0.3) is 0 Å². The number of thiophene rings is 1. The zero-order chi connectivity index (χ0) is 15.7. The average Bonchev–Trinajstić information content (AvgIpc) is 3.18. The van der Waals surface area contributed by atoms with Crippen LogP contribution in [-0.4, -0.2) is 26.4 Å². The van der Waals surface area contributed by atoms with Gasteiger partial charge in [-0.15, -0.1) is 11.3 Å². The molecule has 0 aliphatic carbocycles. The minimum atomic E-state index is -3.59. The Morgan fingerprint density at radius 3 is 2.86 bits per heavy atom. The number of nitrogens with zero attached hydrogens (tertiary/aromatic N) is 1. The van der Waals surface area contributed by atoms with Crippen molar-refractivity contribution < 1.29 is 13.2 Å². The Hall–Kier alpha value is -0.890. The largest absolute Gasteiger partial charge is 0.495 e. The van der Waals surface area contributed by atoms with Crippen LogP contribution < -0.4 is 4.74 Å². The topological polar surface area (TPSA) is 46.6 Å². The van der Waals surface area contributed by atoms with Gasteiger partial charge in [-0.1, -0.05) is 22.0 Å². The molecule has 0 saturated carbocycles. The summed E-state index contributed by atoms with van der Waals surface area (Å²) < 4.78 is 33.8. The van der Waals surface area contributed by atoms with E-state index in [1.165, 1.54) is 7.11 Å². The zero-order valence-corrected chi connectivity index (χ0v) is 15.2. The lowest BCUT2D eigenvalue weighted by Crippen LogP contribution is -2.30. The summed E-state index contributed by atoms with van der Waals surface area (Å²) in [7, 11) is -2.11. The van der Waals surface area contributed by atoms with E-state index < -0.39 is 10.0 Å². The third-order valence-electron chi connectivity index (χ3n) is 3.79. The lowest BCUT2D eigenvalue weighted by Gasteiger charge is -2.24. The number of ether oxygens (including phenoxy) is 1. The maximum absolute atomic E-state index is 13.1. The molecule has 3 rings (SSSR count). The van der Waals surface area contributed by atoms with E-state index in [0.29, 0.717) is 12.3 Å². The summed E-state index contributed by atoms with van der Waals surface area (Å²) in [6.07, 6.45) is 1.73. The molecule has 1 aromatic carbocycles. The van der Waals surface area contributed by atoms with Gasteiger partial charge in [-0.05, 0) is 42.5 Å². The third kappa shape index (κ3) is 2.82. The molecule has 1 aliphatic heterocycles. The number of rotatable bonds is 4. The van der Waals surface area contributed by atoms with Crippen LogP contribution in [0.3, 0.4) is 0 Å². The molecule has 1 fully saturated rings. The van der Waals surface area contributed by atoms with E-state index in [1.807, 2.05) is 17.5 Å². The van der Waals surface area contributed by atoms with E-state index in [2.05, 4.69) is 15.9 Å². The van der Waals surface area contributed by atoms with E-state index in [1.54, 1.807) is 33.8 Å². The first kappa shape index (κ1) is 16.0. The minimum Gasteiger partial charge on any atom is -0.495 e. The van der Waals surface area contributed by atoms with Crippen LogP contribution >= 0.6 is 27.3 Å². The molecule has 22 heavy (non-hydrogen) atoms. The second kappa shape index (κ2) is 6.31. The lowest BCUT2D eigenvalue weighted by molar-refractivity contribution is 0.383. The van der Waals surface area contributed by atoms with Crippen LogP contribution in [0.15, 0.2) is 45.1 Å². The molecule has 0 radical (unpaired) electrons. The Kier molecular flexibility index (Phi) is 4.59. The summed E-state index contributed by atoms with van der Waals surface area (Å²) in [5.41, 5.74) is 0. The first-order valence-electron chi connectivity index (χ1n) is 6.93. The fourth-order valence-electron chi connectivity index (χ4n) is 2.77. The van der Waals surface area contributed by atoms with Gasteiger partial charge in [0.25, 0.3) is 0 Å². The van der Waals surface area contributed by atoms with Crippen molar-refractivity contribution in [3.63, 3.8) is 0 Å². The fourth-order valence-corrected chi connectivity index (χ4v) is 6.08. The summed E-state index contributed by atoms with van der Waals surface area (Å²) in [5.74, 6) is 0.375. The van der Waals surface area contributed by atoms with Gasteiger partial charge in [0.05, 0.1) is 13.2 Å². The average molecular weight is 402 g/mol. The van der Waals surface area contributed by atoms with Crippen molar-refractivity contribution in [1.29, 1.82) is 0 Å². The Morgan fingerprint density at radius 2 is 2.18 bits per heavy atom. The highest BCUT2D eigenvalue weighted by Gasteiger charge is 2.38. The summed E-state index contributed by atoms with van der Waals surface area (Å²) in [6, 6.07) is 8.95. The van der Waals surface area contributed by atoms with Crippen LogP contribution in [0.2, 0.25) is 0 Å². The number of hydrogen-bond donors (Lipinski definition) is 0. The molecular weight excluding hydrogens is 386 g/mol. The maximum Gasteiger partial charge on any atom is 0.247 e. The Morgan fingerprint density at radius 1 is 1.36 bits per heavy atom. The van der Waals surface area contributed by atoms with Crippen molar-refractivity contribution in [1.82, 2.24) is 4.31 Å². The molecule has 0 spiro atoms. The van der Waals surface area contributed by atoms with E-state index in [4.69, 9.17) is 4.74 Å². The predicted octanol–water partition coefficient (Wildman–Crippen LogP) is 4.05. The molecule has 1 atom stereocenters. The first-order chi connectivity index (χ1) is 10.5. The molecule has 0 N–H and O–H groups in total. The quantitative estimate of drug-likeness (QED) is 0.776. The first-order valence-corrected chi connectivity index (χ1v) is 10.0. The SMILES string of the molecule is COc1ccc(Br)cc1S(=O)(=O)N1CCC[C@@H]1c1cccs1. The molecule has 7 heteroatoms. The Balaban J connectivity index is 2.04. The maximum atomic E-state index is 13.1. The van der Waals surface area contributed by atoms with Crippen molar-refractivity contribution in [2.45, 2.75) is 23.8 Å². The van der Waals surface area contributed by atoms with E-state index in [0.717, 1.165) is 22.2 Å². The highest BCUT2D eigenvalue weighted by Crippen LogP contribution is 2.40. The molecule has 0 unspecified atom stereocenters. The number of benzene rings is 1. The zero-order valence-electron chi connectivity index (χ0n) is 12.0. The molecule has 118 valence electrons. The van der Waals surface area contributed by atoms with Gasteiger partial charge in [0, 0.05) is 15.9 Å². The number of methoxy groups -OCH3 is 1. The monoisotopic (exact) mass is 401 g/mol. The van der Waals surface area contributed by atoms with E-state index >= 15 is 0 Å². The molecule has 4 nitrogen and oxygen atoms in total. The summed E-state index contributed by atoms with van der Waals surface area (Å²) in [4.78, 5) is 1.31. The molecule has 0 amide bonds. The molecule has 1 saturated heterocycles. The van der Waals surface area contributed by atoms with Crippen LogP contribution in [-0.2, 0) is 10.0 Å². The summed E-state index contributed by atoms with van der Waals surface area (Å²) in [5, 5.41) is 1.98. The molecule has 0 bridgehead atoms. The van der Waals surface area contributed by atoms with E-state index in [9.17, 15) is 8.42 Å². The standard InChI is InChI=1S/C15H16BrNO3S2/c1-20-13-7-6-11(16)10-15(13)22(18,19)17-8-2-4-12(17)14-5-3-9-21-14/h3,5-7,9-10,12H,2,4,8H2,1H3/t12-/m1/s1. The molecular formula is C15H16BrNO3S2. The van der Waals surface area contributed by atoms with Crippen molar-refractivity contribution in [3.8, 4) is 5.75 Å². The van der Waals surface area contributed by atoms with Gasteiger partial charge < -0.3 is 4.74 Å². The van der Waals surface area contributed by atoms with Gasteiger partial charge >= 0.3 is 0 Å². The molecule has 2 aromatic rings. The van der Waals surface area contributed by atoms with Crippen molar-refractivity contribution in [2.24, 2.45) is 0 Å². The number of halogens is 1. The minimum absolute atomic E-state index is 0.0753. The lowest BCUT2D eigenvalue weighted by atomic mass is 10.2. The normalized spacial score (nSPS) is 19.5. The Labute approximate surface area is 142 Å². The summed E-state index contributed by atoms with van der Waals surface area (Å²) in [6.45, 7) is 0.542. The van der Waals surface area contributed by atoms with Crippen molar-refractivity contribution >= 4 is 37.3 Å². The second-order valence-electron chi connectivity index (χ2n) is 5.08. The third-order valence-corrected chi connectivity index (χ3v) is 7.18. The van der Waals surface area contributed by atoms with Gasteiger partial charge in [-0.25, -0.2) is 8.42 Å². The number of hydrogen-bond acceptors (Lipinski definition) is 4. The van der Waals surface area contributed by atoms with Gasteiger partial charge in [0.2, 0.25) is 10.0 Å². The van der Waals surface area contributed by atoms with Crippen LogP contribution in [0.4, 0.5) is 0 Å². The second-order valence-corrected chi connectivity index (χ2v) is 8.84. The van der Waals surface area contributed by atoms with Gasteiger partial charge in [-0.2, -0.15) is 4.31 Å². The molecule has 1 aliphatic rings. The van der Waals surface area contributed by atoms with Crippen LogP contribution in [0, 0.1) is 0 Å². The smallest absolute Gasteiger partial charge is 0.247 e. The van der Waals surface area contributed by atoms with Crippen molar-refractivity contribution in [3.05, 3.63) is 45.1 Å². The van der Waals surface area contributed by atoms with E-state index in [-0.39, 0.29) is 10.9 Å². The fraction of sp³-hybridized carbons (Fsp3) is 0.333. The van der Waals surface area contributed by atoms with Crippen LogP contribution in [0.5, 0.6) is 5.75 Å². The van der Waals surface area contributed by atoms with Crippen molar-refractivity contribution in [2.75, 3.05) is 13.7 Å². The molecule has 2 heterocycles. The predicted molar refractivity (Wildman–Crippen MR) is 90.9 cm³/mol. The number of sulfonamides is 1. The van der Waals surface area contributed by atoms with Gasteiger partial charge in [-0.3, -0.25) is 0 Å². The highest BCUT2D eigenvalue weighted by molar-refractivity contribution is 9.10.